The SMILES string of the molecule is CNC(C)C(=O)Nc1cc(-c2ncnc3cnn(C)c23)cc(C#Cc2ccc(-n3cnc(C)c3)cc2)n1. The highest BCUT2D eigenvalue weighted by Gasteiger charge is 2.16. The van der Waals surface area contributed by atoms with E-state index >= 15 is 0 Å². The molecule has 1 unspecified atom stereocenters. The first-order chi connectivity index (χ1) is 17.9. The van der Waals surface area contributed by atoms with Crippen molar-refractivity contribution in [3.8, 4) is 28.8 Å². The van der Waals surface area contributed by atoms with Gasteiger partial charge in [-0.1, -0.05) is 5.92 Å². The number of likely N-dealkylation sites (N-methyl/N-ethyl adjacent to an activating group) is 1. The molecule has 1 atom stereocenters. The summed E-state index contributed by atoms with van der Waals surface area (Å²) in [6.45, 7) is 3.73. The normalized spacial score (nSPS) is 11.7. The number of hydrogen-bond donors (Lipinski definition) is 2. The first-order valence-corrected chi connectivity index (χ1v) is 11.7. The number of fused-ring (bicyclic) bond motifs is 1. The number of benzene rings is 1. The van der Waals surface area contributed by atoms with E-state index in [1.807, 2.05) is 55.1 Å². The molecule has 5 aromatic rings. The highest BCUT2D eigenvalue weighted by molar-refractivity contribution is 5.95. The van der Waals surface area contributed by atoms with Gasteiger partial charge >= 0.3 is 0 Å². The Balaban J connectivity index is 1.53. The van der Waals surface area contributed by atoms with Crippen molar-refractivity contribution in [2.75, 3.05) is 12.4 Å². The predicted molar refractivity (Wildman–Crippen MR) is 141 cm³/mol. The number of amides is 1. The van der Waals surface area contributed by atoms with Crippen molar-refractivity contribution in [3.63, 3.8) is 0 Å². The van der Waals surface area contributed by atoms with E-state index in [-0.39, 0.29) is 11.9 Å². The van der Waals surface area contributed by atoms with Crippen molar-refractivity contribution < 1.29 is 4.79 Å². The summed E-state index contributed by atoms with van der Waals surface area (Å²) >= 11 is 0. The molecule has 184 valence electrons. The number of nitrogens with one attached hydrogen (secondary N) is 2. The Morgan fingerprint density at radius 1 is 1.08 bits per heavy atom. The van der Waals surface area contributed by atoms with Crippen molar-refractivity contribution in [3.05, 3.63) is 78.4 Å². The number of aromatic nitrogens is 7. The van der Waals surface area contributed by atoms with Gasteiger partial charge in [-0.2, -0.15) is 5.10 Å². The lowest BCUT2D eigenvalue weighted by atomic mass is 10.1. The third-order valence-electron chi connectivity index (χ3n) is 5.92. The fourth-order valence-corrected chi connectivity index (χ4v) is 3.79. The largest absolute Gasteiger partial charge is 0.309 e. The summed E-state index contributed by atoms with van der Waals surface area (Å²) in [6, 6.07) is 11.1. The average Bonchev–Trinajstić information content (AvgIpc) is 3.52. The zero-order chi connectivity index (χ0) is 25.9. The number of hydrogen-bond acceptors (Lipinski definition) is 7. The predicted octanol–water partition coefficient (Wildman–Crippen LogP) is 2.87. The molecule has 0 aliphatic carbocycles. The molecule has 0 aliphatic rings. The van der Waals surface area contributed by atoms with Gasteiger partial charge in [0.1, 0.15) is 28.9 Å². The number of carbonyl (C=O) groups excluding carboxylic acids is 1. The van der Waals surface area contributed by atoms with Crippen molar-refractivity contribution >= 4 is 22.8 Å². The minimum Gasteiger partial charge on any atom is -0.309 e. The molecule has 37 heavy (non-hydrogen) atoms. The van der Waals surface area contributed by atoms with Crippen LogP contribution < -0.4 is 10.6 Å². The number of carbonyl (C=O) groups is 1. The lowest BCUT2D eigenvalue weighted by Crippen LogP contribution is -2.35. The maximum Gasteiger partial charge on any atom is 0.242 e. The van der Waals surface area contributed by atoms with Crippen LogP contribution >= 0.6 is 0 Å². The summed E-state index contributed by atoms with van der Waals surface area (Å²) in [5, 5.41) is 10.1. The molecule has 10 nitrogen and oxygen atoms in total. The minimum atomic E-state index is -0.388. The molecule has 1 amide bonds. The number of imidazole rings is 1. The Hall–Kier alpha value is -4.88. The molecule has 2 N–H and O–H groups in total. The van der Waals surface area contributed by atoms with Gasteiger partial charge in [0.25, 0.3) is 0 Å². The molecule has 0 radical (unpaired) electrons. The quantitative estimate of drug-likeness (QED) is 0.363. The van der Waals surface area contributed by atoms with Crippen molar-refractivity contribution in [2.24, 2.45) is 7.05 Å². The maximum atomic E-state index is 12.6. The zero-order valence-electron chi connectivity index (χ0n) is 20.9. The molecule has 0 bridgehead atoms. The summed E-state index contributed by atoms with van der Waals surface area (Å²) in [7, 11) is 3.56. The number of nitrogens with zero attached hydrogens (tertiary/aromatic N) is 7. The van der Waals surface area contributed by atoms with Crippen LogP contribution in [0.15, 0.2) is 61.4 Å². The zero-order valence-corrected chi connectivity index (χ0v) is 20.9. The molecule has 5 rings (SSSR count). The third-order valence-corrected chi connectivity index (χ3v) is 5.92. The number of anilines is 1. The van der Waals surface area contributed by atoms with Crippen LogP contribution in [-0.2, 0) is 11.8 Å². The number of rotatable bonds is 5. The molecule has 0 spiro atoms. The van der Waals surface area contributed by atoms with Crippen LogP contribution in [0.1, 0.15) is 23.9 Å². The van der Waals surface area contributed by atoms with E-state index in [0.717, 1.165) is 33.5 Å². The number of pyridine rings is 1. The summed E-state index contributed by atoms with van der Waals surface area (Å²) < 4.78 is 3.68. The van der Waals surface area contributed by atoms with Gasteiger partial charge in [-0.05, 0) is 63.2 Å². The molecule has 0 saturated heterocycles. The molecule has 10 heteroatoms. The van der Waals surface area contributed by atoms with E-state index in [9.17, 15) is 4.79 Å². The monoisotopic (exact) mass is 491 g/mol. The van der Waals surface area contributed by atoms with Crippen LogP contribution in [0.4, 0.5) is 5.82 Å². The van der Waals surface area contributed by atoms with Gasteiger partial charge in [-0.3, -0.25) is 9.48 Å². The first-order valence-electron chi connectivity index (χ1n) is 11.7. The molecule has 0 saturated carbocycles. The first kappa shape index (κ1) is 23.8. The Labute approximate surface area is 213 Å². The molecule has 0 fully saturated rings. The van der Waals surface area contributed by atoms with Gasteiger partial charge in [-0.15, -0.1) is 0 Å². The van der Waals surface area contributed by atoms with Crippen LogP contribution in [0.2, 0.25) is 0 Å². The third kappa shape index (κ3) is 5.07. The summed E-state index contributed by atoms with van der Waals surface area (Å²) in [5.74, 6) is 6.48. The van der Waals surface area contributed by atoms with Crippen molar-refractivity contribution in [1.82, 2.24) is 39.6 Å². The highest BCUT2D eigenvalue weighted by atomic mass is 16.2. The van der Waals surface area contributed by atoms with Crippen LogP contribution in [0.3, 0.4) is 0 Å². The molecule has 4 heterocycles. The van der Waals surface area contributed by atoms with Crippen molar-refractivity contribution in [1.29, 1.82) is 0 Å². The standard InChI is InChI=1S/C27H25N9O/c1-17-14-36(16-31-17)22-9-6-19(7-10-22)5-8-21-11-20(12-24(33-21)34-27(37)18(2)28-3)25-26-23(29-15-30-25)13-32-35(26)4/h6-7,9-16,18,28H,1-4H3,(H,33,34,37). The second kappa shape index (κ2) is 10.0. The van der Waals surface area contributed by atoms with E-state index in [0.29, 0.717) is 17.2 Å². The van der Waals surface area contributed by atoms with Gasteiger partial charge in [0.2, 0.25) is 5.91 Å². The Kier molecular flexibility index (Phi) is 6.45. The fourth-order valence-electron chi connectivity index (χ4n) is 3.79. The van der Waals surface area contributed by atoms with Gasteiger partial charge in [0, 0.05) is 30.1 Å². The van der Waals surface area contributed by atoms with Gasteiger partial charge in [0.05, 0.1) is 30.0 Å². The lowest BCUT2D eigenvalue weighted by Gasteiger charge is -2.12. The summed E-state index contributed by atoms with van der Waals surface area (Å²) in [5.41, 5.74) is 6.19. The Morgan fingerprint density at radius 3 is 2.62 bits per heavy atom. The molecule has 4 aromatic heterocycles. The van der Waals surface area contributed by atoms with E-state index in [1.165, 1.54) is 6.33 Å². The van der Waals surface area contributed by atoms with Crippen LogP contribution in [0, 0.1) is 18.8 Å². The smallest absolute Gasteiger partial charge is 0.242 e. The maximum absolute atomic E-state index is 12.6. The van der Waals surface area contributed by atoms with Gasteiger partial charge in [0.15, 0.2) is 0 Å². The minimum absolute atomic E-state index is 0.204. The van der Waals surface area contributed by atoms with E-state index in [2.05, 4.69) is 47.5 Å². The van der Waals surface area contributed by atoms with Crippen LogP contribution in [0.5, 0.6) is 0 Å². The number of aryl methyl sites for hydroxylation is 2. The second-order valence-electron chi connectivity index (χ2n) is 8.57. The van der Waals surface area contributed by atoms with E-state index in [1.54, 1.807) is 37.2 Å². The van der Waals surface area contributed by atoms with Crippen LogP contribution in [-0.4, -0.2) is 53.3 Å². The van der Waals surface area contributed by atoms with E-state index in [4.69, 9.17) is 0 Å². The Bertz CT molecular complexity index is 1660. The van der Waals surface area contributed by atoms with Crippen LogP contribution in [0.25, 0.3) is 28.0 Å². The molecule has 0 aliphatic heterocycles. The fraction of sp³-hybridized carbons (Fsp3) is 0.185. The lowest BCUT2D eigenvalue weighted by molar-refractivity contribution is -0.117. The molecular formula is C27H25N9O. The second-order valence-corrected chi connectivity index (χ2v) is 8.57. The van der Waals surface area contributed by atoms with Gasteiger partial charge < -0.3 is 15.2 Å². The Morgan fingerprint density at radius 2 is 1.89 bits per heavy atom. The topological polar surface area (TPSA) is 115 Å². The summed E-state index contributed by atoms with van der Waals surface area (Å²) in [4.78, 5) is 30.2. The summed E-state index contributed by atoms with van der Waals surface area (Å²) in [6.07, 6.45) is 6.93. The van der Waals surface area contributed by atoms with E-state index < -0.39 is 0 Å². The molecule has 1 aromatic carbocycles. The molecular weight excluding hydrogens is 466 g/mol. The van der Waals surface area contributed by atoms with Crippen molar-refractivity contribution in [2.45, 2.75) is 19.9 Å². The highest BCUT2D eigenvalue weighted by Crippen LogP contribution is 2.27. The average molecular weight is 492 g/mol. The van der Waals surface area contributed by atoms with Gasteiger partial charge in [-0.25, -0.2) is 19.9 Å².